The smallest absolute Gasteiger partial charge is 0.319 e. The maximum absolute atomic E-state index is 11.7. The molecule has 5 nitrogen and oxygen atoms in total. The van der Waals surface area contributed by atoms with Crippen molar-refractivity contribution in [1.29, 1.82) is 5.26 Å². The normalized spacial score (nSPS) is 10.6. The molecule has 0 aliphatic heterocycles. The van der Waals surface area contributed by atoms with Gasteiger partial charge in [0.25, 0.3) is 0 Å². The summed E-state index contributed by atoms with van der Waals surface area (Å²) in [7, 11) is 0. The molecule has 27 heavy (non-hydrogen) atoms. The molecule has 0 radical (unpaired) electrons. The topological polar surface area (TPSA) is 69.8 Å². The number of fused-ring (bicyclic) bond motifs is 1. The van der Waals surface area contributed by atoms with Gasteiger partial charge in [-0.3, -0.25) is 0 Å². The van der Waals surface area contributed by atoms with Crippen LogP contribution in [0, 0.1) is 18.3 Å². The van der Waals surface area contributed by atoms with Crippen molar-refractivity contribution in [2.75, 3.05) is 17.7 Å². The summed E-state index contributed by atoms with van der Waals surface area (Å²) in [6, 6.07) is 15.7. The minimum Gasteiger partial charge on any atom is -0.340 e. The van der Waals surface area contributed by atoms with Crippen molar-refractivity contribution in [2.24, 2.45) is 0 Å². The van der Waals surface area contributed by atoms with E-state index in [4.69, 9.17) is 11.6 Å². The van der Waals surface area contributed by atoms with Crippen molar-refractivity contribution in [3.05, 3.63) is 53.6 Å². The molecule has 3 aromatic rings. The van der Waals surface area contributed by atoms with Gasteiger partial charge in [-0.15, -0.1) is 11.6 Å². The average Bonchev–Trinajstić information content (AvgIpc) is 2.99. The highest BCUT2D eigenvalue weighted by atomic mass is 35.5. The summed E-state index contributed by atoms with van der Waals surface area (Å²) in [4.78, 5) is 11.7. The molecule has 0 bridgehead atoms. The summed E-state index contributed by atoms with van der Waals surface area (Å²) in [6.07, 6.45) is 0. The van der Waals surface area contributed by atoms with Gasteiger partial charge >= 0.3 is 6.03 Å². The fourth-order valence-corrected chi connectivity index (χ4v) is 3.34. The Hall–Kier alpha value is -2.97. The average molecular weight is 381 g/mol. The number of aryl methyl sites for hydroxylation is 2. The van der Waals surface area contributed by atoms with E-state index in [0.29, 0.717) is 23.7 Å². The van der Waals surface area contributed by atoms with Crippen molar-refractivity contribution in [3.63, 3.8) is 0 Å². The van der Waals surface area contributed by atoms with E-state index in [2.05, 4.69) is 34.3 Å². The number of alkyl halides is 1. The summed E-state index contributed by atoms with van der Waals surface area (Å²) in [6.45, 7) is 5.29. The van der Waals surface area contributed by atoms with Gasteiger partial charge in [0.1, 0.15) is 6.07 Å². The standard InChI is InChI=1S/C21H21ClN4O/c1-3-26-19-12-14(2)4-9-17(19)18(13-23)20(26)15-5-7-16(8-6-15)25-21(27)24-11-10-22/h4-9,12H,3,10-11H2,1-2H3,(H2,24,25,27). The lowest BCUT2D eigenvalue weighted by Gasteiger charge is -2.10. The number of hydrogen-bond acceptors (Lipinski definition) is 2. The zero-order valence-electron chi connectivity index (χ0n) is 15.3. The number of carbonyl (C=O) groups excluding carboxylic acids is 1. The highest BCUT2D eigenvalue weighted by molar-refractivity contribution is 6.18. The van der Waals surface area contributed by atoms with E-state index >= 15 is 0 Å². The van der Waals surface area contributed by atoms with Gasteiger partial charge < -0.3 is 15.2 Å². The molecule has 2 N–H and O–H groups in total. The first-order valence-electron chi connectivity index (χ1n) is 8.83. The van der Waals surface area contributed by atoms with E-state index in [9.17, 15) is 10.1 Å². The van der Waals surface area contributed by atoms with Crippen molar-refractivity contribution in [3.8, 4) is 17.3 Å². The maximum atomic E-state index is 11.7. The van der Waals surface area contributed by atoms with Gasteiger partial charge in [-0.05, 0) is 43.2 Å². The highest BCUT2D eigenvalue weighted by Crippen LogP contribution is 2.34. The van der Waals surface area contributed by atoms with Crippen molar-refractivity contribution < 1.29 is 4.79 Å². The van der Waals surface area contributed by atoms with Crippen LogP contribution in [0.4, 0.5) is 10.5 Å². The summed E-state index contributed by atoms with van der Waals surface area (Å²) in [5.74, 6) is 0.365. The quantitative estimate of drug-likeness (QED) is 0.620. The molecule has 0 unspecified atom stereocenters. The SMILES string of the molecule is CCn1c(-c2ccc(NC(=O)NCCCl)cc2)c(C#N)c2ccc(C)cc21. The number of rotatable bonds is 5. The Balaban J connectivity index is 2.00. The number of nitriles is 1. The van der Waals surface area contributed by atoms with E-state index in [1.807, 2.05) is 43.3 Å². The molecule has 0 saturated carbocycles. The molecule has 0 aliphatic rings. The molecule has 1 heterocycles. The molecule has 0 atom stereocenters. The first kappa shape index (κ1) is 18.8. The highest BCUT2D eigenvalue weighted by Gasteiger charge is 2.18. The predicted molar refractivity (Wildman–Crippen MR) is 110 cm³/mol. The van der Waals surface area contributed by atoms with E-state index < -0.39 is 0 Å². The second-order valence-electron chi connectivity index (χ2n) is 6.25. The second-order valence-corrected chi connectivity index (χ2v) is 6.63. The molecular weight excluding hydrogens is 360 g/mol. The lowest BCUT2D eigenvalue weighted by Crippen LogP contribution is -2.30. The molecule has 1 aromatic heterocycles. The zero-order valence-corrected chi connectivity index (χ0v) is 16.1. The van der Waals surface area contributed by atoms with Crippen LogP contribution in [0.1, 0.15) is 18.1 Å². The summed E-state index contributed by atoms with van der Waals surface area (Å²) in [5.41, 5.74) is 5.42. The third kappa shape index (κ3) is 3.76. The predicted octanol–water partition coefficient (Wildman–Crippen LogP) is 4.87. The fraction of sp³-hybridized carbons (Fsp3) is 0.238. The van der Waals surface area contributed by atoms with Gasteiger partial charge in [-0.2, -0.15) is 5.26 Å². The largest absolute Gasteiger partial charge is 0.340 e. The minimum absolute atomic E-state index is 0.292. The molecule has 2 aromatic carbocycles. The Morgan fingerprint density at radius 3 is 2.59 bits per heavy atom. The van der Waals surface area contributed by atoms with Gasteiger partial charge in [-0.25, -0.2) is 4.79 Å². The fourth-order valence-electron chi connectivity index (χ4n) is 3.25. The van der Waals surface area contributed by atoms with Crippen molar-refractivity contribution >= 4 is 34.2 Å². The Kier molecular flexibility index (Phi) is 5.68. The molecule has 0 saturated heterocycles. The Morgan fingerprint density at radius 2 is 1.96 bits per heavy atom. The molecule has 2 amide bonds. The third-order valence-corrected chi connectivity index (χ3v) is 4.63. The number of anilines is 1. The van der Waals surface area contributed by atoms with Crippen LogP contribution in [0.5, 0.6) is 0 Å². The van der Waals surface area contributed by atoms with E-state index in [1.54, 1.807) is 0 Å². The van der Waals surface area contributed by atoms with Gasteiger partial charge in [0.05, 0.1) is 16.8 Å². The van der Waals surface area contributed by atoms with Crippen molar-refractivity contribution in [1.82, 2.24) is 9.88 Å². The van der Waals surface area contributed by atoms with Gasteiger partial charge in [0.2, 0.25) is 0 Å². The Bertz CT molecular complexity index is 1020. The number of nitrogens with zero attached hydrogens (tertiary/aromatic N) is 2. The van der Waals surface area contributed by atoms with E-state index in [0.717, 1.165) is 34.3 Å². The number of hydrogen-bond donors (Lipinski definition) is 2. The van der Waals surface area contributed by atoms with Crippen LogP contribution < -0.4 is 10.6 Å². The summed E-state index contributed by atoms with van der Waals surface area (Å²) >= 11 is 5.57. The number of nitrogens with one attached hydrogen (secondary N) is 2. The number of benzene rings is 2. The monoisotopic (exact) mass is 380 g/mol. The molecule has 138 valence electrons. The van der Waals surface area contributed by atoms with Gasteiger partial charge in [0.15, 0.2) is 0 Å². The summed E-state index contributed by atoms with van der Waals surface area (Å²) in [5, 5.41) is 16.2. The van der Waals surface area contributed by atoms with Crippen LogP contribution in [0.15, 0.2) is 42.5 Å². The summed E-state index contributed by atoms with van der Waals surface area (Å²) < 4.78 is 2.16. The van der Waals surface area contributed by atoms with Gasteiger partial charge in [0, 0.05) is 30.0 Å². The van der Waals surface area contributed by atoms with Crippen LogP contribution >= 0.6 is 11.6 Å². The van der Waals surface area contributed by atoms with Crippen LogP contribution in [0.3, 0.4) is 0 Å². The molecule has 3 rings (SSSR count). The Morgan fingerprint density at radius 1 is 1.22 bits per heavy atom. The number of carbonyl (C=O) groups is 1. The second kappa shape index (κ2) is 8.15. The zero-order chi connectivity index (χ0) is 19.4. The third-order valence-electron chi connectivity index (χ3n) is 4.44. The lowest BCUT2D eigenvalue weighted by molar-refractivity contribution is 0.252. The Labute approximate surface area is 163 Å². The molecule has 0 spiro atoms. The van der Waals surface area contributed by atoms with Crippen LogP contribution in [-0.4, -0.2) is 23.0 Å². The number of urea groups is 1. The minimum atomic E-state index is -0.292. The number of halogens is 1. The van der Waals surface area contributed by atoms with Crippen molar-refractivity contribution in [2.45, 2.75) is 20.4 Å². The van der Waals surface area contributed by atoms with Crippen LogP contribution in [0.25, 0.3) is 22.2 Å². The molecule has 0 aliphatic carbocycles. The van der Waals surface area contributed by atoms with E-state index in [-0.39, 0.29) is 6.03 Å². The number of amides is 2. The molecular formula is C21H21ClN4O. The van der Waals surface area contributed by atoms with E-state index in [1.165, 1.54) is 0 Å². The number of aromatic nitrogens is 1. The maximum Gasteiger partial charge on any atom is 0.319 e. The van der Waals surface area contributed by atoms with Crippen LogP contribution in [-0.2, 0) is 6.54 Å². The first-order valence-corrected chi connectivity index (χ1v) is 9.36. The molecule has 0 fully saturated rings. The first-order chi connectivity index (χ1) is 13.1. The van der Waals surface area contributed by atoms with Crippen LogP contribution in [0.2, 0.25) is 0 Å². The molecule has 6 heteroatoms. The van der Waals surface area contributed by atoms with Gasteiger partial charge in [-0.1, -0.05) is 24.3 Å². The lowest BCUT2D eigenvalue weighted by atomic mass is 10.1.